The van der Waals surface area contributed by atoms with Crippen LogP contribution < -0.4 is 23.8 Å². The fraction of sp³-hybridized carbons (Fsp3) is 0.333. The van der Waals surface area contributed by atoms with E-state index in [9.17, 15) is 8.42 Å². The van der Waals surface area contributed by atoms with Crippen LogP contribution in [0.4, 0.5) is 23.0 Å². The third-order valence-corrected chi connectivity index (χ3v) is 10.2. The van der Waals surface area contributed by atoms with Gasteiger partial charge in [0.25, 0.3) is 0 Å². The summed E-state index contributed by atoms with van der Waals surface area (Å²) in [5.41, 5.74) is 3.62. The first-order valence-corrected chi connectivity index (χ1v) is 16.3. The molecule has 1 unspecified atom stereocenters. The van der Waals surface area contributed by atoms with Crippen molar-refractivity contribution in [2.75, 3.05) is 47.4 Å². The van der Waals surface area contributed by atoms with Gasteiger partial charge < -0.3 is 0 Å². The molecule has 4 rings (SSSR count). The second-order valence-corrected chi connectivity index (χ2v) is 13.7. The number of anilines is 4. The van der Waals surface area contributed by atoms with E-state index in [2.05, 4.69) is 49.7 Å². The van der Waals surface area contributed by atoms with E-state index in [0.717, 1.165) is 54.7 Å². The SMILES string of the molecule is CCN1CCN(CC)c2cc(Nc3ncc(Cl)c([AsH]c4ccccc4NS(C)(=O)=O)n3)c(Cl)cc2C1. The monoisotopic (exact) mass is 610 g/mol. The molecule has 1 aliphatic heterocycles. The Balaban J connectivity index is 1.63. The molecular weight excluding hydrogens is 582 g/mol. The quantitative estimate of drug-likeness (QED) is 0.379. The summed E-state index contributed by atoms with van der Waals surface area (Å²) in [7, 11) is -3.41. The van der Waals surface area contributed by atoms with Gasteiger partial charge in [0, 0.05) is 0 Å². The molecular formula is C24H29AsCl2N6O2S. The van der Waals surface area contributed by atoms with E-state index in [4.69, 9.17) is 23.2 Å². The molecule has 192 valence electrons. The molecule has 0 saturated carbocycles. The number of fused-ring (bicyclic) bond motifs is 1. The maximum absolute atomic E-state index is 11.8. The van der Waals surface area contributed by atoms with E-state index in [1.54, 1.807) is 18.3 Å². The average molecular weight is 611 g/mol. The molecule has 2 heterocycles. The number of para-hydroxylation sites is 1. The van der Waals surface area contributed by atoms with Crippen LogP contribution in [-0.4, -0.2) is 71.5 Å². The molecule has 8 nitrogen and oxygen atoms in total. The number of hydrogen-bond donors (Lipinski definition) is 2. The zero-order valence-corrected chi connectivity index (χ0v) is 24.8. The van der Waals surface area contributed by atoms with Crippen LogP contribution in [0.15, 0.2) is 42.6 Å². The zero-order valence-electron chi connectivity index (χ0n) is 20.3. The summed E-state index contributed by atoms with van der Waals surface area (Å²) in [6, 6.07) is 11.4. The second-order valence-electron chi connectivity index (χ2n) is 8.47. The van der Waals surface area contributed by atoms with E-state index in [1.807, 2.05) is 18.2 Å². The van der Waals surface area contributed by atoms with Crippen LogP contribution in [0.3, 0.4) is 0 Å². The van der Waals surface area contributed by atoms with Gasteiger partial charge in [-0.2, -0.15) is 0 Å². The van der Waals surface area contributed by atoms with Gasteiger partial charge in [-0.15, -0.1) is 0 Å². The van der Waals surface area contributed by atoms with Crippen molar-refractivity contribution in [3.8, 4) is 0 Å². The van der Waals surface area contributed by atoms with Gasteiger partial charge in [0.1, 0.15) is 0 Å². The van der Waals surface area contributed by atoms with E-state index < -0.39 is 25.8 Å². The van der Waals surface area contributed by atoms with Crippen molar-refractivity contribution in [1.29, 1.82) is 0 Å². The van der Waals surface area contributed by atoms with Gasteiger partial charge in [0.05, 0.1) is 0 Å². The summed E-state index contributed by atoms with van der Waals surface area (Å²) in [5.74, 6) is 0.389. The first kappa shape index (κ1) is 27.0. The molecule has 0 radical (unpaired) electrons. The summed E-state index contributed by atoms with van der Waals surface area (Å²) in [6.07, 6.45) is 2.70. The van der Waals surface area contributed by atoms with Crippen LogP contribution in [0.1, 0.15) is 19.4 Å². The van der Waals surface area contributed by atoms with Crippen LogP contribution >= 0.6 is 23.2 Å². The molecule has 1 aromatic heterocycles. The van der Waals surface area contributed by atoms with E-state index in [1.165, 1.54) is 5.56 Å². The van der Waals surface area contributed by atoms with Crippen molar-refractivity contribution in [3.63, 3.8) is 0 Å². The van der Waals surface area contributed by atoms with Gasteiger partial charge >= 0.3 is 230 Å². The Kier molecular flexibility index (Phi) is 8.68. The van der Waals surface area contributed by atoms with E-state index in [0.29, 0.717) is 26.2 Å². The number of hydrogen-bond acceptors (Lipinski definition) is 7. The Morgan fingerprint density at radius 3 is 2.56 bits per heavy atom. The Morgan fingerprint density at radius 1 is 1.06 bits per heavy atom. The Morgan fingerprint density at radius 2 is 1.83 bits per heavy atom. The average Bonchev–Trinajstić information content (AvgIpc) is 3.00. The third-order valence-electron chi connectivity index (χ3n) is 5.88. The molecule has 1 atom stereocenters. The van der Waals surface area contributed by atoms with Crippen molar-refractivity contribution in [2.45, 2.75) is 20.4 Å². The molecule has 36 heavy (non-hydrogen) atoms. The first-order chi connectivity index (χ1) is 17.2. The standard InChI is InChI=1S/C24H29AsCl2N6O2S/c1-4-32-10-11-33(5-2)22-13-21(18(26)12-16(22)15-32)29-24-28-14-19(27)23(30-24)25-17-8-6-7-9-20(17)31-36(3,34)35/h6-9,12-14,25,31H,4-5,10-11,15H2,1-3H3,(H,28,29,30). The predicted molar refractivity (Wildman–Crippen MR) is 152 cm³/mol. The van der Waals surface area contributed by atoms with Crippen LogP contribution in [0, 0.1) is 0 Å². The van der Waals surface area contributed by atoms with Crippen molar-refractivity contribution < 1.29 is 8.42 Å². The van der Waals surface area contributed by atoms with Gasteiger partial charge in [-0.3, -0.25) is 0 Å². The van der Waals surface area contributed by atoms with E-state index >= 15 is 0 Å². The topological polar surface area (TPSA) is 90.5 Å². The maximum atomic E-state index is 11.8. The van der Waals surface area contributed by atoms with E-state index in [-0.39, 0.29) is 0 Å². The van der Waals surface area contributed by atoms with Crippen LogP contribution in [0.25, 0.3) is 0 Å². The minimum atomic E-state index is -3.41. The molecule has 0 saturated heterocycles. The summed E-state index contributed by atoms with van der Waals surface area (Å²) in [6.45, 7) is 9.03. The molecule has 0 fully saturated rings. The summed E-state index contributed by atoms with van der Waals surface area (Å²) < 4.78 is 27.7. The normalized spacial score (nSPS) is 14.6. The molecule has 3 aromatic rings. The number of aromatic nitrogens is 2. The molecule has 0 spiro atoms. The predicted octanol–water partition coefficient (Wildman–Crippen LogP) is 2.95. The van der Waals surface area contributed by atoms with Crippen molar-refractivity contribution >= 4 is 80.8 Å². The Labute approximate surface area is 229 Å². The third kappa shape index (κ3) is 6.64. The molecule has 2 aromatic carbocycles. The van der Waals surface area contributed by atoms with Gasteiger partial charge in [-0.1, -0.05) is 0 Å². The van der Waals surface area contributed by atoms with Gasteiger partial charge in [0.15, 0.2) is 0 Å². The summed E-state index contributed by atoms with van der Waals surface area (Å²) in [4.78, 5) is 13.8. The summed E-state index contributed by atoms with van der Waals surface area (Å²) in [5, 5.41) is 4.32. The van der Waals surface area contributed by atoms with Gasteiger partial charge in [-0.05, 0) is 0 Å². The minimum absolute atomic E-state index is 0.389. The number of benzene rings is 2. The van der Waals surface area contributed by atoms with Crippen LogP contribution in [0.5, 0.6) is 0 Å². The second kappa shape index (κ2) is 11.6. The zero-order chi connectivity index (χ0) is 25.9. The van der Waals surface area contributed by atoms with Gasteiger partial charge in [0.2, 0.25) is 0 Å². The Bertz CT molecular complexity index is 1360. The fourth-order valence-corrected chi connectivity index (χ4v) is 7.63. The number of rotatable bonds is 8. The number of nitrogens with zero attached hydrogens (tertiary/aromatic N) is 4. The van der Waals surface area contributed by atoms with Crippen LogP contribution in [-0.2, 0) is 16.6 Å². The first-order valence-electron chi connectivity index (χ1n) is 11.6. The summed E-state index contributed by atoms with van der Waals surface area (Å²) >= 11 is 12.1. The number of sulfonamides is 1. The fourth-order valence-electron chi connectivity index (χ4n) is 4.06. The molecule has 0 aliphatic carbocycles. The number of nitrogens with one attached hydrogen (secondary N) is 2. The molecule has 1 aliphatic rings. The van der Waals surface area contributed by atoms with Gasteiger partial charge in [-0.25, -0.2) is 0 Å². The van der Waals surface area contributed by atoms with Crippen molar-refractivity contribution in [3.05, 3.63) is 58.2 Å². The van der Waals surface area contributed by atoms with Crippen molar-refractivity contribution in [2.24, 2.45) is 0 Å². The molecule has 0 amide bonds. The van der Waals surface area contributed by atoms with Crippen LogP contribution in [0.2, 0.25) is 10.0 Å². The molecule has 2 N–H and O–H groups in total. The Hall–Kier alpha value is -2.03. The number of halogens is 2. The molecule has 0 bridgehead atoms. The molecule has 12 heteroatoms. The van der Waals surface area contributed by atoms with Crippen molar-refractivity contribution in [1.82, 2.24) is 14.9 Å². The number of likely N-dealkylation sites (N-methyl/N-ethyl adjacent to an activating group) is 2.